The number of ketones is 1. The van der Waals surface area contributed by atoms with Gasteiger partial charge in [-0.2, -0.15) is 0 Å². The summed E-state index contributed by atoms with van der Waals surface area (Å²) in [6.07, 6.45) is 2.48. The summed E-state index contributed by atoms with van der Waals surface area (Å²) in [5.41, 5.74) is 0.120. The molecule has 0 saturated heterocycles. The molecule has 0 bridgehead atoms. The standard InChI is InChI=1S/C26H22N2O5/c29-21(17-5-2-1-3-6-17)18-8-10-19(11-9-18)28-24(31)25(32)12-14-26(15-13-25)22-20(23(30)33-26)7-4-16-27-22/h1-11,16,32H,12-15H2,(H,28,31)/t25-,26+. The van der Waals surface area contributed by atoms with Gasteiger partial charge in [-0.3, -0.25) is 14.6 Å². The van der Waals surface area contributed by atoms with Crippen LogP contribution in [0.25, 0.3) is 0 Å². The minimum Gasteiger partial charge on any atom is -0.449 e. The van der Waals surface area contributed by atoms with E-state index in [1.165, 1.54) is 0 Å². The zero-order valence-electron chi connectivity index (χ0n) is 17.8. The Morgan fingerprint density at radius 3 is 2.24 bits per heavy atom. The van der Waals surface area contributed by atoms with Crippen LogP contribution < -0.4 is 5.32 Å². The summed E-state index contributed by atoms with van der Waals surface area (Å²) in [5, 5.41) is 13.8. The molecule has 5 rings (SSSR count). The number of rotatable bonds is 4. The smallest absolute Gasteiger partial charge is 0.341 e. The van der Waals surface area contributed by atoms with Crippen LogP contribution >= 0.6 is 0 Å². The fraction of sp³-hybridized carbons (Fsp3) is 0.231. The number of anilines is 1. The number of carbonyl (C=O) groups is 3. The van der Waals surface area contributed by atoms with Gasteiger partial charge in [-0.1, -0.05) is 30.3 Å². The van der Waals surface area contributed by atoms with Crippen LogP contribution in [0, 0.1) is 0 Å². The molecule has 1 amide bonds. The molecule has 0 radical (unpaired) electrons. The number of aromatic nitrogens is 1. The molecule has 0 atom stereocenters. The minimum absolute atomic E-state index is 0.107. The maximum Gasteiger partial charge on any atom is 0.341 e. The first-order valence-electron chi connectivity index (χ1n) is 10.8. The monoisotopic (exact) mass is 442 g/mol. The van der Waals surface area contributed by atoms with Crippen LogP contribution in [0.2, 0.25) is 0 Å². The Bertz CT molecular complexity index is 1230. The van der Waals surface area contributed by atoms with E-state index in [0.29, 0.717) is 40.9 Å². The normalized spacial score (nSPS) is 23.6. The van der Waals surface area contributed by atoms with Gasteiger partial charge in [0.05, 0.1) is 11.3 Å². The van der Waals surface area contributed by atoms with E-state index in [1.807, 2.05) is 6.07 Å². The summed E-state index contributed by atoms with van der Waals surface area (Å²) in [5.74, 6) is -1.05. The lowest BCUT2D eigenvalue weighted by Crippen LogP contribution is -2.49. The molecule has 1 aliphatic heterocycles. The molecule has 1 aliphatic carbocycles. The average molecular weight is 442 g/mol. The van der Waals surface area contributed by atoms with Crippen LogP contribution in [0.3, 0.4) is 0 Å². The minimum atomic E-state index is -1.59. The number of nitrogens with zero attached hydrogens (tertiary/aromatic N) is 1. The summed E-state index contributed by atoms with van der Waals surface area (Å²) in [7, 11) is 0. The van der Waals surface area contributed by atoms with Gasteiger partial charge in [0.15, 0.2) is 11.4 Å². The highest BCUT2D eigenvalue weighted by atomic mass is 16.6. The van der Waals surface area contributed by atoms with E-state index in [4.69, 9.17) is 4.74 Å². The van der Waals surface area contributed by atoms with Gasteiger partial charge in [-0.05, 0) is 62.1 Å². The number of esters is 1. The lowest BCUT2D eigenvalue weighted by atomic mass is 9.74. The van der Waals surface area contributed by atoms with E-state index in [1.54, 1.807) is 66.9 Å². The Labute approximate surface area is 190 Å². The maximum absolute atomic E-state index is 12.9. The van der Waals surface area contributed by atoms with Crippen LogP contribution in [-0.4, -0.2) is 33.4 Å². The van der Waals surface area contributed by atoms with Crippen LogP contribution in [0.15, 0.2) is 72.9 Å². The van der Waals surface area contributed by atoms with Crippen molar-refractivity contribution in [3.63, 3.8) is 0 Å². The summed E-state index contributed by atoms with van der Waals surface area (Å²) >= 11 is 0. The van der Waals surface area contributed by atoms with Crippen molar-refractivity contribution in [2.75, 3.05) is 5.32 Å². The molecule has 166 valence electrons. The van der Waals surface area contributed by atoms with Crippen molar-refractivity contribution >= 4 is 23.3 Å². The van der Waals surface area contributed by atoms with Gasteiger partial charge in [0.2, 0.25) is 0 Å². The van der Waals surface area contributed by atoms with E-state index >= 15 is 0 Å². The first-order chi connectivity index (χ1) is 15.9. The Balaban J connectivity index is 1.26. The molecular formula is C26H22N2O5. The molecule has 1 spiro atoms. The summed E-state index contributed by atoms with van der Waals surface area (Å²) in [6.45, 7) is 0. The predicted octanol–water partition coefficient (Wildman–Crippen LogP) is 3.62. The molecule has 2 heterocycles. The largest absolute Gasteiger partial charge is 0.449 e. The van der Waals surface area contributed by atoms with E-state index in [2.05, 4.69) is 10.3 Å². The fourth-order valence-corrected chi connectivity index (χ4v) is 4.56. The third-order valence-electron chi connectivity index (χ3n) is 6.50. The third-order valence-corrected chi connectivity index (χ3v) is 6.50. The van der Waals surface area contributed by atoms with Gasteiger partial charge in [-0.25, -0.2) is 4.79 Å². The van der Waals surface area contributed by atoms with Gasteiger partial charge in [0.25, 0.3) is 5.91 Å². The molecular weight excluding hydrogens is 420 g/mol. The quantitative estimate of drug-likeness (QED) is 0.472. The Kier molecular flexibility index (Phi) is 5.06. The number of nitrogens with one attached hydrogen (secondary N) is 1. The molecule has 2 N–H and O–H groups in total. The van der Waals surface area contributed by atoms with Crippen LogP contribution in [-0.2, 0) is 15.1 Å². The predicted molar refractivity (Wildman–Crippen MR) is 120 cm³/mol. The molecule has 3 aromatic rings. The molecule has 2 aliphatic rings. The molecule has 1 aromatic heterocycles. The third kappa shape index (κ3) is 3.70. The first-order valence-corrected chi connectivity index (χ1v) is 10.8. The van der Waals surface area contributed by atoms with Crippen molar-refractivity contribution < 1.29 is 24.2 Å². The van der Waals surface area contributed by atoms with Gasteiger partial charge in [-0.15, -0.1) is 0 Å². The maximum atomic E-state index is 12.9. The molecule has 1 fully saturated rings. The fourth-order valence-electron chi connectivity index (χ4n) is 4.56. The van der Waals surface area contributed by atoms with Crippen LogP contribution in [0.1, 0.15) is 57.7 Å². The second-order valence-electron chi connectivity index (χ2n) is 8.54. The number of aliphatic hydroxyl groups is 1. The lowest BCUT2D eigenvalue weighted by molar-refractivity contribution is -0.144. The lowest BCUT2D eigenvalue weighted by Gasteiger charge is -2.39. The van der Waals surface area contributed by atoms with Gasteiger partial charge in [0, 0.05) is 23.0 Å². The van der Waals surface area contributed by atoms with E-state index in [0.717, 1.165) is 0 Å². The zero-order valence-corrected chi connectivity index (χ0v) is 17.8. The number of ether oxygens (including phenoxy) is 1. The number of hydrogen-bond donors (Lipinski definition) is 2. The average Bonchev–Trinajstić information content (AvgIpc) is 3.13. The number of amides is 1. The molecule has 0 unspecified atom stereocenters. The number of benzene rings is 2. The Hall–Kier alpha value is -3.84. The van der Waals surface area contributed by atoms with Crippen molar-refractivity contribution in [3.8, 4) is 0 Å². The van der Waals surface area contributed by atoms with Crippen molar-refractivity contribution in [2.45, 2.75) is 36.9 Å². The van der Waals surface area contributed by atoms with Crippen molar-refractivity contribution in [3.05, 3.63) is 95.3 Å². The number of hydrogen-bond acceptors (Lipinski definition) is 6. The second-order valence-corrected chi connectivity index (χ2v) is 8.54. The van der Waals surface area contributed by atoms with Crippen molar-refractivity contribution in [1.29, 1.82) is 0 Å². The van der Waals surface area contributed by atoms with E-state index in [9.17, 15) is 19.5 Å². The van der Waals surface area contributed by atoms with Gasteiger partial charge >= 0.3 is 5.97 Å². The molecule has 33 heavy (non-hydrogen) atoms. The summed E-state index contributed by atoms with van der Waals surface area (Å²) in [4.78, 5) is 42.0. The van der Waals surface area contributed by atoms with Crippen molar-refractivity contribution in [2.24, 2.45) is 0 Å². The Morgan fingerprint density at radius 1 is 0.879 bits per heavy atom. The summed E-state index contributed by atoms with van der Waals surface area (Å²) in [6, 6.07) is 18.9. The van der Waals surface area contributed by atoms with Crippen molar-refractivity contribution in [1.82, 2.24) is 4.98 Å². The number of fused-ring (bicyclic) bond motifs is 2. The van der Waals surface area contributed by atoms with Crippen LogP contribution in [0.4, 0.5) is 5.69 Å². The summed E-state index contributed by atoms with van der Waals surface area (Å²) < 4.78 is 5.65. The highest BCUT2D eigenvalue weighted by Crippen LogP contribution is 2.48. The number of pyridine rings is 1. The van der Waals surface area contributed by atoms with Gasteiger partial charge < -0.3 is 15.2 Å². The molecule has 1 saturated carbocycles. The highest BCUT2D eigenvalue weighted by molar-refractivity contribution is 6.09. The molecule has 2 aromatic carbocycles. The van der Waals surface area contributed by atoms with E-state index in [-0.39, 0.29) is 18.6 Å². The SMILES string of the molecule is O=C(c1ccccc1)c1ccc(NC(=O)[C@]2(O)CC[C@]3(CC2)OC(=O)c2cccnc23)cc1. The topological polar surface area (TPSA) is 106 Å². The Morgan fingerprint density at radius 2 is 1.55 bits per heavy atom. The highest BCUT2D eigenvalue weighted by Gasteiger charge is 2.53. The molecule has 7 heteroatoms. The second kappa shape index (κ2) is 7.94. The number of carbonyl (C=O) groups excluding carboxylic acids is 3. The van der Waals surface area contributed by atoms with Gasteiger partial charge in [0.1, 0.15) is 5.60 Å². The van der Waals surface area contributed by atoms with Crippen LogP contribution in [0.5, 0.6) is 0 Å². The first kappa shape index (κ1) is 21.0. The zero-order chi connectivity index (χ0) is 23.1. The van der Waals surface area contributed by atoms with E-state index < -0.39 is 23.1 Å². The molecule has 7 nitrogen and oxygen atoms in total.